The summed E-state index contributed by atoms with van der Waals surface area (Å²) in [6, 6.07) is 15.6. The minimum Gasteiger partial charge on any atom is -0.232 e. The SMILES string of the molecule is C[n+]1cn2c3c(cccc31)[Si](C)(C)c1ccccc1-2. The summed E-state index contributed by atoms with van der Waals surface area (Å²) >= 11 is 0. The zero-order valence-corrected chi connectivity index (χ0v) is 12.5. The standard InChI is InChI=1S/C16H17N2Si/c1-17-11-18-12-7-4-5-9-14(12)19(2,3)15-10-6-8-13(17)16(15)18/h4-11H,1-3H3/q+1. The Bertz CT molecular complexity index is 815. The zero-order valence-electron chi connectivity index (χ0n) is 11.5. The van der Waals surface area contributed by atoms with E-state index in [0.29, 0.717) is 0 Å². The summed E-state index contributed by atoms with van der Waals surface area (Å²) in [5.74, 6) is 0. The van der Waals surface area contributed by atoms with Crippen molar-refractivity contribution >= 4 is 29.5 Å². The summed E-state index contributed by atoms with van der Waals surface area (Å²) in [5, 5.41) is 3.08. The van der Waals surface area contributed by atoms with Gasteiger partial charge in [-0.3, -0.25) is 0 Å². The van der Waals surface area contributed by atoms with Crippen molar-refractivity contribution in [1.82, 2.24) is 4.57 Å². The van der Waals surface area contributed by atoms with Gasteiger partial charge in [0.25, 0.3) is 0 Å². The molecule has 0 radical (unpaired) electrons. The molecule has 19 heavy (non-hydrogen) atoms. The molecular formula is C16H17N2Si+. The lowest BCUT2D eigenvalue weighted by Crippen LogP contribution is -2.57. The van der Waals surface area contributed by atoms with Crippen LogP contribution in [-0.4, -0.2) is 12.6 Å². The summed E-state index contributed by atoms with van der Waals surface area (Å²) in [6.07, 6.45) is 2.20. The lowest BCUT2D eigenvalue weighted by atomic mass is 10.2. The van der Waals surface area contributed by atoms with Gasteiger partial charge < -0.3 is 0 Å². The summed E-state index contributed by atoms with van der Waals surface area (Å²) in [5.41, 5.74) is 4.09. The molecule has 0 fully saturated rings. The number of benzene rings is 2. The van der Waals surface area contributed by atoms with Crippen LogP contribution in [0.1, 0.15) is 0 Å². The van der Waals surface area contributed by atoms with Gasteiger partial charge in [-0.25, -0.2) is 4.57 Å². The van der Waals surface area contributed by atoms with E-state index in [1.165, 1.54) is 21.9 Å². The van der Waals surface area contributed by atoms with Crippen LogP contribution in [0.25, 0.3) is 16.7 Å². The van der Waals surface area contributed by atoms with Crippen molar-refractivity contribution in [3.8, 4) is 5.69 Å². The molecule has 3 heteroatoms. The van der Waals surface area contributed by atoms with Crippen molar-refractivity contribution in [2.24, 2.45) is 7.05 Å². The second kappa shape index (κ2) is 3.36. The molecule has 2 nitrogen and oxygen atoms in total. The van der Waals surface area contributed by atoms with E-state index in [1.54, 1.807) is 5.19 Å². The molecule has 0 N–H and O–H groups in total. The molecule has 0 bridgehead atoms. The molecule has 0 atom stereocenters. The molecule has 0 saturated carbocycles. The van der Waals surface area contributed by atoms with E-state index in [0.717, 1.165) is 0 Å². The molecule has 1 aromatic heterocycles. The van der Waals surface area contributed by atoms with Crippen LogP contribution in [0.5, 0.6) is 0 Å². The summed E-state index contributed by atoms with van der Waals surface area (Å²) in [7, 11) is 0.547. The number of nitrogens with zero attached hydrogens (tertiary/aromatic N) is 2. The van der Waals surface area contributed by atoms with Gasteiger partial charge in [0.15, 0.2) is 11.0 Å². The number of imidazole rings is 1. The van der Waals surface area contributed by atoms with Crippen molar-refractivity contribution in [3.63, 3.8) is 0 Å². The van der Waals surface area contributed by atoms with Gasteiger partial charge in [0, 0.05) is 0 Å². The monoisotopic (exact) mass is 265 g/mol. The Morgan fingerprint density at radius 3 is 2.53 bits per heavy atom. The lowest BCUT2D eigenvalue weighted by Gasteiger charge is -2.28. The van der Waals surface area contributed by atoms with Gasteiger partial charge in [0.1, 0.15) is 13.8 Å². The molecule has 1 aliphatic heterocycles. The van der Waals surface area contributed by atoms with Gasteiger partial charge in [-0.2, -0.15) is 4.57 Å². The molecule has 0 spiro atoms. The number of hydrogen-bond donors (Lipinski definition) is 0. The van der Waals surface area contributed by atoms with Gasteiger partial charge in [-0.1, -0.05) is 43.4 Å². The van der Waals surface area contributed by atoms with E-state index in [2.05, 4.69) is 78.1 Å². The average Bonchev–Trinajstić information content (AvgIpc) is 2.75. The topological polar surface area (TPSA) is 8.81 Å². The van der Waals surface area contributed by atoms with Gasteiger partial charge in [-0.05, 0) is 22.5 Å². The third-order valence-electron chi connectivity index (χ3n) is 4.43. The lowest BCUT2D eigenvalue weighted by molar-refractivity contribution is -0.645. The third-order valence-corrected chi connectivity index (χ3v) is 7.95. The predicted molar refractivity (Wildman–Crippen MR) is 81.2 cm³/mol. The fraction of sp³-hybridized carbons (Fsp3) is 0.188. The Balaban J connectivity index is 2.28. The minimum atomic E-state index is -1.58. The Morgan fingerprint density at radius 2 is 1.68 bits per heavy atom. The van der Waals surface area contributed by atoms with Gasteiger partial charge in [-0.15, -0.1) is 0 Å². The number of para-hydroxylation sites is 2. The predicted octanol–water partition coefficient (Wildman–Crippen LogP) is 1.59. The maximum absolute atomic E-state index is 2.46. The van der Waals surface area contributed by atoms with Crippen LogP contribution in [0.15, 0.2) is 48.8 Å². The summed E-state index contributed by atoms with van der Waals surface area (Å²) < 4.78 is 4.59. The van der Waals surface area contributed by atoms with Crippen LogP contribution in [0.2, 0.25) is 13.1 Å². The molecule has 1 aliphatic rings. The second-order valence-electron chi connectivity index (χ2n) is 5.91. The normalized spacial score (nSPS) is 15.5. The maximum Gasteiger partial charge on any atom is 0.249 e. The van der Waals surface area contributed by atoms with Crippen LogP contribution in [0, 0.1) is 0 Å². The number of hydrogen-bond acceptors (Lipinski definition) is 0. The van der Waals surface area contributed by atoms with E-state index >= 15 is 0 Å². The number of fused-ring (bicyclic) bond motifs is 2. The van der Waals surface area contributed by atoms with Crippen LogP contribution < -0.4 is 14.9 Å². The highest BCUT2D eigenvalue weighted by Crippen LogP contribution is 2.23. The van der Waals surface area contributed by atoms with Crippen LogP contribution in [-0.2, 0) is 7.05 Å². The summed E-state index contributed by atoms with van der Waals surface area (Å²) in [6.45, 7) is 4.91. The Kier molecular flexibility index (Phi) is 1.95. The van der Waals surface area contributed by atoms with E-state index in [4.69, 9.17) is 0 Å². The molecular weight excluding hydrogens is 248 g/mol. The largest absolute Gasteiger partial charge is 0.249 e. The fourth-order valence-electron chi connectivity index (χ4n) is 3.41. The number of rotatable bonds is 0. The molecule has 94 valence electrons. The highest BCUT2D eigenvalue weighted by Gasteiger charge is 2.39. The molecule has 0 amide bonds. The van der Waals surface area contributed by atoms with E-state index in [-0.39, 0.29) is 0 Å². The molecule has 2 heterocycles. The van der Waals surface area contributed by atoms with Crippen molar-refractivity contribution in [3.05, 3.63) is 48.8 Å². The Labute approximate surface area is 113 Å². The molecule has 3 aromatic rings. The van der Waals surface area contributed by atoms with Crippen LogP contribution in [0.4, 0.5) is 0 Å². The average molecular weight is 265 g/mol. The molecule has 4 rings (SSSR count). The first-order valence-corrected chi connectivity index (χ1v) is 9.71. The quantitative estimate of drug-likeness (QED) is 0.431. The van der Waals surface area contributed by atoms with Crippen molar-refractivity contribution < 1.29 is 4.57 Å². The molecule has 2 aromatic carbocycles. The van der Waals surface area contributed by atoms with Crippen molar-refractivity contribution in [2.75, 3.05) is 0 Å². The van der Waals surface area contributed by atoms with Crippen LogP contribution >= 0.6 is 0 Å². The third kappa shape index (κ3) is 1.23. The second-order valence-corrected chi connectivity index (χ2v) is 10.2. The first kappa shape index (κ1) is 11.0. The van der Waals surface area contributed by atoms with E-state index in [9.17, 15) is 0 Å². The molecule has 0 unspecified atom stereocenters. The molecule has 0 saturated heterocycles. The number of aromatic nitrogens is 2. The first-order chi connectivity index (χ1) is 9.10. The van der Waals surface area contributed by atoms with E-state index < -0.39 is 8.07 Å². The Hall–Kier alpha value is -1.87. The maximum atomic E-state index is 2.46. The smallest absolute Gasteiger partial charge is 0.232 e. The first-order valence-electron chi connectivity index (χ1n) is 6.71. The van der Waals surface area contributed by atoms with Gasteiger partial charge in [0.05, 0.1) is 7.05 Å². The van der Waals surface area contributed by atoms with E-state index in [1.807, 2.05) is 0 Å². The van der Waals surface area contributed by atoms with Gasteiger partial charge in [0.2, 0.25) is 6.33 Å². The zero-order chi connectivity index (χ0) is 13.2. The summed E-state index contributed by atoms with van der Waals surface area (Å²) in [4.78, 5) is 0. The van der Waals surface area contributed by atoms with Crippen molar-refractivity contribution in [1.29, 1.82) is 0 Å². The number of aryl methyl sites for hydroxylation is 1. The fourth-order valence-corrected chi connectivity index (χ4v) is 6.41. The van der Waals surface area contributed by atoms with Crippen LogP contribution in [0.3, 0.4) is 0 Å². The minimum absolute atomic E-state index is 1.33. The Morgan fingerprint density at radius 1 is 0.947 bits per heavy atom. The van der Waals surface area contributed by atoms with Crippen molar-refractivity contribution in [2.45, 2.75) is 13.1 Å². The highest BCUT2D eigenvalue weighted by molar-refractivity contribution is 7.02. The van der Waals surface area contributed by atoms with Gasteiger partial charge >= 0.3 is 0 Å². The molecule has 0 aliphatic carbocycles. The highest BCUT2D eigenvalue weighted by atomic mass is 28.3.